The van der Waals surface area contributed by atoms with E-state index in [9.17, 15) is 9.90 Å². The number of carbonyl (C=O) groups is 1. The molecule has 0 spiro atoms. The third kappa shape index (κ3) is 5.05. The molecule has 0 saturated heterocycles. The van der Waals surface area contributed by atoms with Crippen LogP contribution in [0.4, 0.5) is 0 Å². The normalized spacial score (nSPS) is 12.0. The van der Waals surface area contributed by atoms with E-state index in [4.69, 9.17) is 4.42 Å². The second-order valence-electron chi connectivity index (χ2n) is 6.79. The van der Waals surface area contributed by atoms with E-state index in [0.29, 0.717) is 18.5 Å². The standard InChI is InChI=1S/C22H24N2O3/c1-15-9-16(2)24-21(10-15)18-5-3-6-19(12-18)22(26)23-13-17(14-25)11-20-7-4-8-27-20/h3-10,12,17,25H,11,13-14H2,1-2H3,(H,23,26)/t17-/m1/s1. The molecule has 0 fully saturated rings. The van der Waals surface area contributed by atoms with Crippen LogP contribution in [0.3, 0.4) is 0 Å². The molecule has 27 heavy (non-hydrogen) atoms. The lowest BCUT2D eigenvalue weighted by atomic mass is 10.0. The Morgan fingerprint density at radius 2 is 2.04 bits per heavy atom. The average molecular weight is 364 g/mol. The third-order valence-corrected chi connectivity index (χ3v) is 4.40. The van der Waals surface area contributed by atoms with E-state index < -0.39 is 0 Å². The maximum Gasteiger partial charge on any atom is 0.251 e. The highest BCUT2D eigenvalue weighted by Crippen LogP contribution is 2.20. The summed E-state index contributed by atoms with van der Waals surface area (Å²) in [5.41, 5.74) is 4.42. The maximum atomic E-state index is 12.5. The van der Waals surface area contributed by atoms with E-state index in [0.717, 1.165) is 28.3 Å². The van der Waals surface area contributed by atoms with Gasteiger partial charge in [0.15, 0.2) is 0 Å². The summed E-state index contributed by atoms with van der Waals surface area (Å²) in [5.74, 6) is 0.537. The van der Waals surface area contributed by atoms with Gasteiger partial charge in [0.2, 0.25) is 0 Å². The molecule has 2 heterocycles. The first-order chi connectivity index (χ1) is 13.0. The van der Waals surface area contributed by atoms with Crippen molar-refractivity contribution in [2.45, 2.75) is 20.3 Å². The maximum absolute atomic E-state index is 12.5. The summed E-state index contributed by atoms with van der Waals surface area (Å²) in [7, 11) is 0. The minimum Gasteiger partial charge on any atom is -0.469 e. The predicted molar refractivity (Wildman–Crippen MR) is 104 cm³/mol. The van der Waals surface area contributed by atoms with Crippen LogP contribution < -0.4 is 5.32 Å². The smallest absolute Gasteiger partial charge is 0.251 e. The van der Waals surface area contributed by atoms with Gasteiger partial charge in [-0.3, -0.25) is 9.78 Å². The predicted octanol–water partition coefficient (Wildman–Crippen LogP) is 3.54. The number of aryl methyl sites for hydroxylation is 2. The molecule has 3 rings (SSSR count). The number of nitrogens with zero attached hydrogens (tertiary/aromatic N) is 1. The molecule has 2 N–H and O–H groups in total. The van der Waals surface area contributed by atoms with Crippen LogP contribution >= 0.6 is 0 Å². The van der Waals surface area contributed by atoms with Crippen LogP contribution in [-0.2, 0) is 6.42 Å². The van der Waals surface area contributed by atoms with Crippen LogP contribution in [0, 0.1) is 19.8 Å². The summed E-state index contributed by atoms with van der Waals surface area (Å²) in [4.78, 5) is 17.1. The molecule has 0 aliphatic rings. The third-order valence-electron chi connectivity index (χ3n) is 4.40. The zero-order valence-electron chi connectivity index (χ0n) is 15.6. The van der Waals surface area contributed by atoms with Crippen molar-refractivity contribution in [3.63, 3.8) is 0 Å². The number of aliphatic hydroxyl groups is 1. The number of pyridine rings is 1. The molecule has 0 aliphatic heterocycles. The first-order valence-electron chi connectivity index (χ1n) is 9.02. The first-order valence-corrected chi connectivity index (χ1v) is 9.02. The van der Waals surface area contributed by atoms with E-state index in [-0.39, 0.29) is 18.4 Å². The van der Waals surface area contributed by atoms with Gasteiger partial charge in [0.25, 0.3) is 5.91 Å². The number of furan rings is 1. The molecule has 0 bridgehead atoms. The zero-order chi connectivity index (χ0) is 19.2. The van der Waals surface area contributed by atoms with Gasteiger partial charge in [0.05, 0.1) is 12.0 Å². The Kier molecular flexibility index (Phi) is 6.04. The summed E-state index contributed by atoms with van der Waals surface area (Å²) in [5, 5.41) is 12.5. The van der Waals surface area contributed by atoms with Gasteiger partial charge in [-0.25, -0.2) is 0 Å². The molecule has 1 atom stereocenters. The minimum atomic E-state index is -0.167. The molecule has 5 nitrogen and oxygen atoms in total. The highest BCUT2D eigenvalue weighted by atomic mass is 16.3. The van der Waals surface area contributed by atoms with Crippen LogP contribution in [0.5, 0.6) is 0 Å². The Hall–Kier alpha value is -2.92. The van der Waals surface area contributed by atoms with Crippen molar-refractivity contribution < 1.29 is 14.3 Å². The highest BCUT2D eigenvalue weighted by Gasteiger charge is 2.14. The van der Waals surface area contributed by atoms with Crippen molar-refractivity contribution in [2.24, 2.45) is 5.92 Å². The fourth-order valence-electron chi connectivity index (χ4n) is 3.06. The summed E-state index contributed by atoms with van der Waals surface area (Å²) in [6.45, 7) is 4.35. The van der Waals surface area contributed by atoms with Crippen LogP contribution in [0.2, 0.25) is 0 Å². The van der Waals surface area contributed by atoms with E-state index in [1.165, 1.54) is 0 Å². The van der Waals surface area contributed by atoms with E-state index in [1.807, 2.05) is 56.3 Å². The van der Waals surface area contributed by atoms with Crippen LogP contribution in [0.1, 0.15) is 27.4 Å². The first kappa shape index (κ1) is 18.9. The molecule has 0 aliphatic carbocycles. The number of rotatable bonds is 7. The van der Waals surface area contributed by atoms with Gasteiger partial charge < -0.3 is 14.8 Å². The molecule has 0 saturated carbocycles. The average Bonchev–Trinajstić information content (AvgIpc) is 3.17. The van der Waals surface area contributed by atoms with Crippen molar-refractivity contribution in [1.29, 1.82) is 0 Å². The Balaban J connectivity index is 1.68. The lowest BCUT2D eigenvalue weighted by Gasteiger charge is -2.14. The number of nitrogens with one attached hydrogen (secondary N) is 1. The number of amides is 1. The van der Waals surface area contributed by atoms with Crippen LogP contribution in [0.15, 0.2) is 59.2 Å². The highest BCUT2D eigenvalue weighted by molar-refractivity contribution is 5.95. The molecule has 5 heteroatoms. The van der Waals surface area contributed by atoms with Crippen molar-refractivity contribution in [2.75, 3.05) is 13.2 Å². The van der Waals surface area contributed by atoms with Crippen LogP contribution in [-0.4, -0.2) is 29.1 Å². The number of hydrogen-bond acceptors (Lipinski definition) is 4. The van der Waals surface area contributed by atoms with E-state index in [2.05, 4.69) is 10.3 Å². The van der Waals surface area contributed by atoms with Gasteiger partial charge in [0.1, 0.15) is 5.76 Å². The lowest BCUT2D eigenvalue weighted by Crippen LogP contribution is -2.31. The number of aliphatic hydroxyl groups excluding tert-OH is 1. The number of aromatic nitrogens is 1. The fraction of sp³-hybridized carbons (Fsp3) is 0.273. The van der Waals surface area contributed by atoms with Gasteiger partial charge in [-0.1, -0.05) is 12.1 Å². The van der Waals surface area contributed by atoms with E-state index >= 15 is 0 Å². The van der Waals surface area contributed by atoms with Gasteiger partial charge in [-0.15, -0.1) is 0 Å². The largest absolute Gasteiger partial charge is 0.469 e. The summed E-state index contributed by atoms with van der Waals surface area (Å²) < 4.78 is 5.31. The Morgan fingerprint density at radius 1 is 1.19 bits per heavy atom. The topological polar surface area (TPSA) is 75.4 Å². The second-order valence-corrected chi connectivity index (χ2v) is 6.79. The Labute approximate surface area is 159 Å². The Bertz CT molecular complexity index is 883. The van der Waals surface area contributed by atoms with Gasteiger partial charge in [-0.2, -0.15) is 0 Å². The fourth-order valence-corrected chi connectivity index (χ4v) is 3.06. The molecule has 1 aromatic carbocycles. The summed E-state index contributed by atoms with van der Waals surface area (Å²) >= 11 is 0. The molecular weight excluding hydrogens is 340 g/mol. The zero-order valence-corrected chi connectivity index (χ0v) is 15.6. The Morgan fingerprint density at radius 3 is 2.74 bits per heavy atom. The SMILES string of the molecule is Cc1cc(C)nc(-c2cccc(C(=O)NC[C@H](CO)Cc3ccco3)c2)c1. The molecule has 2 aromatic heterocycles. The molecule has 0 radical (unpaired) electrons. The lowest BCUT2D eigenvalue weighted by molar-refractivity contribution is 0.0939. The van der Waals surface area contributed by atoms with Crippen LogP contribution in [0.25, 0.3) is 11.3 Å². The minimum absolute atomic E-state index is 0.0203. The summed E-state index contributed by atoms with van der Waals surface area (Å²) in [6, 6.07) is 15.1. The second kappa shape index (κ2) is 8.64. The van der Waals surface area contributed by atoms with Gasteiger partial charge in [0, 0.05) is 42.3 Å². The monoisotopic (exact) mass is 364 g/mol. The molecule has 3 aromatic rings. The van der Waals surface area contributed by atoms with Gasteiger partial charge >= 0.3 is 0 Å². The van der Waals surface area contributed by atoms with Crippen molar-refractivity contribution in [3.05, 3.63) is 77.4 Å². The molecule has 1 amide bonds. The van der Waals surface area contributed by atoms with Crippen molar-refractivity contribution in [3.8, 4) is 11.3 Å². The molecular formula is C22H24N2O3. The molecule has 140 valence electrons. The van der Waals surface area contributed by atoms with Gasteiger partial charge in [-0.05, 0) is 55.8 Å². The quantitative estimate of drug-likeness (QED) is 0.672. The number of hydrogen-bond donors (Lipinski definition) is 2. The number of carbonyl (C=O) groups excluding carboxylic acids is 1. The summed E-state index contributed by atoms with van der Waals surface area (Å²) in [6.07, 6.45) is 2.19. The molecule has 0 unspecified atom stereocenters. The van der Waals surface area contributed by atoms with E-state index in [1.54, 1.807) is 12.3 Å². The van der Waals surface area contributed by atoms with Crippen molar-refractivity contribution >= 4 is 5.91 Å². The number of benzene rings is 1. The van der Waals surface area contributed by atoms with Crippen molar-refractivity contribution in [1.82, 2.24) is 10.3 Å².